The van der Waals surface area contributed by atoms with Gasteiger partial charge in [0.25, 0.3) is 0 Å². The predicted molar refractivity (Wildman–Crippen MR) is 96.9 cm³/mol. The first-order valence-electron chi connectivity index (χ1n) is 8.38. The molecule has 0 fully saturated rings. The molecule has 1 aromatic heterocycles. The summed E-state index contributed by atoms with van der Waals surface area (Å²) in [5, 5.41) is 1.31. The third-order valence-electron chi connectivity index (χ3n) is 4.24. The molecule has 0 saturated heterocycles. The number of thiophene rings is 1. The van der Waals surface area contributed by atoms with E-state index in [4.69, 9.17) is 4.74 Å². The molecule has 0 bridgehead atoms. The summed E-state index contributed by atoms with van der Waals surface area (Å²) in [5.41, 5.74) is 1.52. The fourth-order valence-corrected chi connectivity index (χ4v) is 4.07. The van der Waals surface area contributed by atoms with Gasteiger partial charge in [-0.05, 0) is 61.5 Å². The molecule has 0 atom stereocenters. The molecule has 0 unspecified atom stereocenters. The SMILES string of the molecule is CCCCN1CC=C(c2cc3cc(OCC)ccc3s2)CC1. The van der Waals surface area contributed by atoms with Gasteiger partial charge >= 0.3 is 0 Å². The summed E-state index contributed by atoms with van der Waals surface area (Å²) in [6.07, 6.45) is 6.19. The fourth-order valence-electron chi connectivity index (χ4n) is 2.96. The second kappa shape index (κ2) is 7.30. The van der Waals surface area contributed by atoms with E-state index in [0.717, 1.165) is 18.9 Å². The highest BCUT2D eigenvalue weighted by Crippen LogP contribution is 2.35. The molecule has 0 aliphatic carbocycles. The summed E-state index contributed by atoms with van der Waals surface area (Å²) in [4.78, 5) is 3.99. The maximum Gasteiger partial charge on any atom is 0.119 e. The Morgan fingerprint density at radius 1 is 1.23 bits per heavy atom. The molecule has 1 aromatic carbocycles. The maximum atomic E-state index is 5.60. The third kappa shape index (κ3) is 3.53. The molecule has 0 saturated carbocycles. The Kier molecular flexibility index (Phi) is 5.16. The molecule has 0 amide bonds. The summed E-state index contributed by atoms with van der Waals surface area (Å²) in [5.74, 6) is 0.975. The Bertz CT molecular complexity index is 658. The zero-order chi connectivity index (χ0) is 15.4. The van der Waals surface area contributed by atoms with Gasteiger partial charge in [0, 0.05) is 22.7 Å². The first-order valence-corrected chi connectivity index (χ1v) is 9.20. The van der Waals surface area contributed by atoms with E-state index < -0.39 is 0 Å². The average molecular weight is 315 g/mol. The van der Waals surface area contributed by atoms with Crippen LogP contribution in [-0.4, -0.2) is 31.1 Å². The highest BCUT2D eigenvalue weighted by Gasteiger charge is 2.14. The first kappa shape index (κ1) is 15.6. The van der Waals surface area contributed by atoms with Crippen molar-refractivity contribution in [1.29, 1.82) is 0 Å². The van der Waals surface area contributed by atoms with Gasteiger partial charge in [-0.3, -0.25) is 4.90 Å². The molecule has 1 aliphatic rings. The minimum Gasteiger partial charge on any atom is -0.494 e. The molecular formula is C19H25NOS. The van der Waals surface area contributed by atoms with Gasteiger partial charge in [0.15, 0.2) is 0 Å². The Morgan fingerprint density at radius 3 is 2.86 bits per heavy atom. The van der Waals surface area contributed by atoms with Crippen LogP contribution in [0.2, 0.25) is 0 Å². The van der Waals surface area contributed by atoms with E-state index in [1.165, 1.54) is 52.9 Å². The van der Waals surface area contributed by atoms with Gasteiger partial charge in [0.2, 0.25) is 0 Å². The summed E-state index contributed by atoms with van der Waals surface area (Å²) >= 11 is 1.91. The lowest BCUT2D eigenvalue weighted by molar-refractivity contribution is 0.297. The Hall–Kier alpha value is -1.32. The lowest BCUT2D eigenvalue weighted by Gasteiger charge is -2.25. The van der Waals surface area contributed by atoms with Gasteiger partial charge < -0.3 is 4.74 Å². The number of ether oxygens (including phenoxy) is 1. The van der Waals surface area contributed by atoms with E-state index in [0.29, 0.717) is 0 Å². The zero-order valence-corrected chi connectivity index (χ0v) is 14.4. The highest BCUT2D eigenvalue weighted by atomic mass is 32.1. The minimum absolute atomic E-state index is 0.723. The van der Waals surface area contributed by atoms with E-state index in [9.17, 15) is 0 Å². The van der Waals surface area contributed by atoms with Gasteiger partial charge in [-0.2, -0.15) is 0 Å². The van der Waals surface area contributed by atoms with E-state index in [1.54, 1.807) is 0 Å². The van der Waals surface area contributed by atoms with Crippen LogP contribution < -0.4 is 4.74 Å². The summed E-state index contributed by atoms with van der Waals surface area (Å²) < 4.78 is 6.96. The van der Waals surface area contributed by atoms with Crippen LogP contribution in [0.5, 0.6) is 5.75 Å². The quantitative estimate of drug-likeness (QED) is 0.727. The van der Waals surface area contributed by atoms with Crippen molar-refractivity contribution < 1.29 is 4.74 Å². The second-order valence-corrected chi connectivity index (χ2v) is 6.96. The van der Waals surface area contributed by atoms with Crippen molar-refractivity contribution >= 4 is 27.0 Å². The van der Waals surface area contributed by atoms with E-state index >= 15 is 0 Å². The normalized spacial score (nSPS) is 16.0. The number of rotatable bonds is 6. The fraction of sp³-hybridized carbons (Fsp3) is 0.474. The van der Waals surface area contributed by atoms with Crippen LogP contribution in [0, 0.1) is 0 Å². The van der Waals surface area contributed by atoms with Crippen molar-refractivity contribution in [3.63, 3.8) is 0 Å². The molecular weight excluding hydrogens is 290 g/mol. The van der Waals surface area contributed by atoms with Crippen LogP contribution in [0.4, 0.5) is 0 Å². The largest absolute Gasteiger partial charge is 0.494 e. The maximum absolute atomic E-state index is 5.60. The smallest absolute Gasteiger partial charge is 0.119 e. The molecule has 0 spiro atoms. The van der Waals surface area contributed by atoms with Crippen molar-refractivity contribution in [3.8, 4) is 5.75 Å². The highest BCUT2D eigenvalue weighted by molar-refractivity contribution is 7.20. The van der Waals surface area contributed by atoms with Crippen molar-refractivity contribution in [2.45, 2.75) is 33.1 Å². The van der Waals surface area contributed by atoms with Crippen molar-refractivity contribution in [1.82, 2.24) is 4.90 Å². The molecule has 22 heavy (non-hydrogen) atoms. The average Bonchev–Trinajstić information content (AvgIpc) is 2.97. The summed E-state index contributed by atoms with van der Waals surface area (Å²) in [6, 6.07) is 8.76. The molecule has 2 nitrogen and oxygen atoms in total. The summed E-state index contributed by atoms with van der Waals surface area (Å²) in [6.45, 7) is 8.56. The van der Waals surface area contributed by atoms with Gasteiger partial charge in [0.1, 0.15) is 5.75 Å². The van der Waals surface area contributed by atoms with Gasteiger partial charge in [-0.15, -0.1) is 11.3 Å². The Morgan fingerprint density at radius 2 is 2.14 bits per heavy atom. The van der Waals surface area contributed by atoms with Gasteiger partial charge in [0.05, 0.1) is 6.61 Å². The van der Waals surface area contributed by atoms with Crippen LogP contribution in [0.15, 0.2) is 30.3 Å². The third-order valence-corrected chi connectivity index (χ3v) is 5.43. The zero-order valence-electron chi connectivity index (χ0n) is 13.6. The number of nitrogens with zero attached hydrogens (tertiary/aromatic N) is 1. The Balaban J connectivity index is 1.75. The van der Waals surface area contributed by atoms with E-state index in [-0.39, 0.29) is 0 Å². The molecule has 0 radical (unpaired) electrons. The van der Waals surface area contributed by atoms with E-state index in [2.05, 4.69) is 42.2 Å². The second-order valence-electron chi connectivity index (χ2n) is 5.88. The molecule has 3 rings (SSSR count). The first-order chi connectivity index (χ1) is 10.8. The molecule has 1 aliphatic heterocycles. The van der Waals surface area contributed by atoms with Crippen LogP contribution in [0.3, 0.4) is 0 Å². The molecule has 2 heterocycles. The lowest BCUT2D eigenvalue weighted by Crippen LogP contribution is -2.29. The predicted octanol–water partition coefficient (Wildman–Crippen LogP) is 5.19. The standard InChI is InChI=1S/C19H25NOS/c1-3-5-10-20-11-8-15(9-12-20)19-14-16-13-17(21-4-2)6-7-18(16)22-19/h6-8,13-14H,3-5,9-12H2,1-2H3. The lowest BCUT2D eigenvalue weighted by atomic mass is 10.1. The number of fused-ring (bicyclic) bond motifs is 1. The number of hydrogen-bond acceptors (Lipinski definition) is 3. The van der Waals surface area contributed by atoms with Crippen molar-refractivity contribution in [3.05, 3.63) is 35.2 Å². The van der Waals surface area contributed by atoms with Crippen LogP contribution in [0.25, 0.3) is 15.7 Å². The Labute approximate surface area is 137 Å². The minimum atomic E-state index is 0.723. The molecule has 3 heteroatoms. The van der Waals surface area contributed by atoms with E-state index in [1.807, 2.05) is 18.3 Å². The topological polar surface area (TPSA) is 12.5 Å². The molecule has 2 aromatic rings. The summed E-state index contributed by atoms with van der Waals surface area (Å²) in [7, 11) is 0. The van der Waals surface area contributed by atoms with Crippen molar-refractivity contribution in [2.24, 2.45) is 0 Å². The van der Waals surface area contributed by atoms with Crippen LogP contribution in [0.1, 0.15) is 38.0 Å². The van der Waals surface area contributed by atoms with Crippen LogP contribution >= 0.6 is 11.3 Å². The van der Waals surface area contributed by atoms with Gasteiger partial charge in [-0.1, -0.05) is 19.4 Å². The number of unbranched alkanes of at least 4 members (excludes halogenated alkanes) is 1. The number of hydrogen-bond donors (Lipinski definition) is 0. The molecule has 0 N–H and O–H groups in total. The monoisotopic (exact) mass is 315 g/mol. The number of benzene rings is 1. The van der Waals surface area contributed by atoms with Crippen LogP contribution in [-0.2, 0) is 0 Å². The van der Waals surface area contributed by atoms with Crippen molar-refractivity contribution in [2.75, 3.05) is 26.2 Å². The molecule has 118 valence electrons. The van der Waals surface area contributed by atoms with Gasteiger partial charge in [-0.25, -0.2) is 0 Å².